The third-order valence-electron chi connectivity index (χ3n) is 4.50. The lowest BCUT2D eigenvalue weighted by atomic mass is 10.1. The van der Waals surface area contributed by atoms with Crippen molar-refractivity contribution in [3.05, 3.63) is 53.3 Å². The molecule has 0 bridgehead atoms. The normalized spacial score (nSPS) is 16.4. The van der Waals surface area contributed by atoms with Gasteiger partial charge in [0.2, 0.25) is 0 Å². The highest BCUT2D eigenvalue weighted by Crippen LogP contribution is 2.22. The molecule has 0 N–H and O–H groups in total. The highest BCUT2D eigenvalue weighted by molar-refractivity contribution is 5.54. The molecule has 0 radical (unpaired) electrons. The van der Waals surface area contributed by atoms with Crippen molar-refractivity contribution in [1.29, 1.82) is 0 Å². The van der Waals surface area contributed by atoms with E-state index in [4.69, 9.17) is 0 Å². The van der Waals surface area contributed by atoms with Crippen molar-refractivity contribution in [3.8, 4) is 0 Å². The lowest BCUT2D eigenvalue weighted by Gasteiger charge is -2.37. The Labute approximate surface area is 127 Å². The van der Waals surface area contributed by atoms with Gasteiger partial charge in [-0.1, -0.05) is 17.7 Å². The minimum Gasteiger partial charge on any atom is -0.369 e. The lowest BCUT2D eigenvalue weighted by Crippen LogP contribution is -2.46. The first-order chi connectivity index (χ1) is 10.1. The maximum absolute atomic E-state index is 2.55. The van der Waals surface area contributed by atoms with E-state index in [1.165, 1.54) is 22.5 Å². The molecule has 2 heterocycles. The first-order valence-corrected chi connectivity index (χ1v) is 7.78. The Balaban J connectivity index is 1.61. The number of aryl methyl sites for hydroxylation is 3. The first-order valence-electron chi connectivity index (χ1n) is 7.78. The van der Waals surface area contributed by atoms with Crippen LogP contribution in [0.5, 0.6) is 0 Å². The smallest absolute Gasteiger partial charge is 0.0396 e. The summed E-state index contributed by atoms with van der Waals surface area (Å²) in [5, 5.41) is 0. The summed E-state index contributed by atoms with van der Waals surface area (Å²) in [7, 11) is 2.13. The van der Waals surface area contributed by atoms with Crippen LogP contribution in [0.15, 0.2) is 36.5 Å². The van der Waals surface area contributed by atoms with Crippen LogP contribution in [0.1, 0.15) is 16.8 Å². The molecule has 3 nitrogen and oxygen atoms in total. The molecule has 21 heavy (non-hydrogen) atoms. The first kappa shape index (κ1) is 14.2. The average Bonchev–Trinajstić information content (AvgIpc) is 2.86. The number of anilines is 1. The van der Waals surface area contributed by atoms with Crippen LogP contribution in [0.4, 0.5) is 5.69 Å². The minimum atomic E-state index is 1.06. The molecule has 0 atom stereocenters. The predicted molar refractivity (Wildman–Crippen MR) is 88.8 cm³/mol. The summed E-state index contributed by atoms with van der Waals surface area (Å²) in [6, 6.07) is 11.1. The van der Waals surface area contributed by atoms with Crippen molar-refractivity contribution in [1.82, 2.24) is 9.47 Å². The Kier molecular flexibility index (Phi) is 4.02. The molecule has 3 rings (SSSR count). The average molecular weight is 283 g/mol. The van der Waals surface area contributed by atoms with E-state index in [-0.39, 0.29) is 0 Å². The molecule has 0 unspecified atom stereocenters. The van der Waals surface area contributed by atoms with E-state index in [9.17, 15) is 0 Å². The van der Waals surface area contributed by atoms with E-state index in [0.29, 0.717) is 0 Å². The fraction of sp³-hybridized carbons (Fsp3) is 0.444. The molecule has 1 aromatic carbocycles. The zero-order valence-corrected chi connectivity index (χ0v) is 13.3. The van der Waals surface area contributed by atoms with Crippen molar-refractivity contribution in [3.63, 3.8) is 0 Å². The second-order valence-electron chi connectivity index (χ2n) is 6.16. The summed E-state index contributed by atoms with van der Waals surface area (Å²) in [6.45, 7) is 9.96. The van der Waals surface area contributed by atoms with Crippen LogP contribution >= 0.6 is 0 Å². The zero-order valence-electron chi connectivity index (χ0n) is 13.3. The number of rotatable bonds is 3. The highest BCUT2D eigenvalue weighted by atomic mass is 15.3. The summed E-state index contributed by atoms with van der Waals surface area (Å²) >= 11 is 0. The van der Waals surface area contributed by atoms with Crippen molar-refractivity contribution in [2.75, 3.05) is 31.1 Å². The minimum absolute atomic E-state index is 1.06. The van der Waals surface area contributed by atoms with Gasteiger partial charge in [0, 0.05) is 57.3 Å². The van der Waals surface area contributed by atoms with Crippen molar-refractivity contribution in [2.45, 2.75) is 20.4 Å². The van der Waals surface area contributed by atoms with Crippen LogP contribution in [-0.2, 0) is 13.6 Å². The van der Waals surface area contributed by atoms with Gasteiger partial charge in [-0.25, -0.2) is 0 Å². The number of hydrogen-bond acceptors (Lipinski definition) is 2. The van der Waals surface area contributed by atoms with Gasteiger partial charge in [0.1, 0.15) is 0 Å². The quantitative estimate of drug-likeness (QED) is 0.858. The maximum Gasteiger partial charge on any atom is 0.0396 e. The van der Waals surface area contributed by atoms with Gasteiger partial charge in [-0.3, -0.25) is 4.90 Å². The SMILES string of the molecule is Cc1ccc(N2CCN(Cc3cccn3C)CC2)c(C)c1. The molecule has 1 aliphatic rings. The molecular weight excluding hydrogens is 258 g/mol. The number of benzene rings is 1. The molecule has 1 fully saturated rings. The molecular formula is C18H25N3. The standard InChI is InChI=1S/C18H25N3/c1-15-6-7-18(16(2)13-15)21-11-9-20(10-12-21)14-17-5-4-8-19(17)3/h4-8,13H,9-12,14H2,1-3H3. The molecule has 2 aromatic rings. The van der Waals surface area contributed by atoms with E-state index < -0.39 is 0 Å². The van der Waals surface area contributed by atoms with Gasteiger partial charge in [0.25, 0.3) is 0 Å². The zero-order chi connectivity index (χ0) is 14.8. The number of piperazine rings is 1. The Morgan fingerprint density at radius 2 is 1.76 bits per heavy atom. The van der Waals surface area contributed by atoms with E-state index >= 15 is 0 Å². The van der Waals surface area contributed by atoms with Gasteiger partial charge in [-0.05, 0) is 37.6 Å². The Hall–Kier alpha value is -1.74. The third kappa shape index (κ3) is 3.13. The van der Waals surface area contributed by atoms with Crippen LogP contribution in [0.2, 0.25) is 0 Å². The number of aromatic nitrogens is 1. The second kappa shape index (κ2) is 5.94. The largest absolute Gasteiger partial charge is 0.369 e. The molecule has 0 saturated carbocycles. The number of hydrogen-bond donors (Lipinski definition) is 0. The van der Waals surface area contributed by atoms with E-state index in [1.807, 2.05) is 0 Å². The fourth-order valence-corrected chi connectivity index (χ4v) is 3.20. The van der Waals surface area contributed by atoms with Gasteiger partial charge < -0.3 is 9.47 Å². The van der Waals surface area contributed by atoms with Gasteiger partial charge in [0.15, 0.2) is 0 Å². The molecule has 0 aliphatic carbocycles. The van der Waals surface area contributed by atoms with Crippen molar-refractivity contribution >= 4 is 5.69 Å². The van der Waals surface area contributed by atoms with Crippen LogP contribution < -0.4 is 4.90 Å². The van der Waals surface area contributed by atoms with Gasteiger partial charge in [-0.2, -0.15) is 0 Å². The van der Waals surface area contributed by atoms with Gasteiger partial charge >= 0.3 is 0 Å². The molecule has 1 saturated heterocycles. The highest BCUT2D eigenvalue weighted by Gasteiger charge is 2.18. The van der Waals surface area contributed by atoms with Crippen LogP contribution in [-0.4, -0.2) is 35.6 Å². The Morgan fingerprint density at radius 3 is 2.38 bits per heavy atom. The fourth-order valence-electron chi connectivity index (χ4n) is 3.20. The van der Waals surface area contributed by atoms with Crippen LogP contribution in [0.25, 0.3) is 0 Å². The molecule has 3 heteroatoms. The monoisotopic (exact) mass is 283 g/mol. The lowest BCUT2D eigenvalue weighted by molar-refractivity contribution is 0.245. The molecule has 0 spiro atoms. The number of nitrogens with zero attached hydrogens (tertiary/aromatic N) is 3. The van der Waals surface area contributed by atoms with Crippen molar-refractivity contribution < 1.29 is 0 Å². The van der Waals surface area contributed by atoms with Gasteiger partial charge in [-0.15, -0.1) is 0 Å². The topological polar surface area (TPSA) is 11.4 Å². The molecule has 1 aromatic heterocycles. The summed E-state index contributed by atoms with van der Waals surface area (Å²) in [4.78, 5) is 5.08. The van der Waals surface area contributed by atoms with Crippen LogP contribution in [0.3, 0.4) is 0 Å². The second-order valence-corrected chi connectivity index (χ2v) is 6.16. The van der Waals surface area contributed by atoms with E-state index in [2.05, 4.69) is 71.8 Å². The summed E-state index contributed by atoms with van der Waals surface area (Å²) in [6.07, 6.45) is 2.13. The van der Waals surface area contributed by atoms with Crippen molar-refractivity contribution in [2.24, 2.45) is 7.05 Å². The Morgan fingerprint density at radius 1 is 1.00 bits per heavy atom. The summed E-state index contributed by atoms with van der Waals surface area (Å²) in [5.74, 6) is 0. The van der Waals surface area contributed by atoms with E-state index in [1.54, 1.807) is 0 Å². The van der Waals surface area contributed by atoms with E-state index in [0.717, 1.165) is 32.7 Å². The maximum atomic E-state index is 2.55. The van der Waals surface area contributed by atoms with Gasteiger partial charge in [0.05, 0.1) is 0 Å². The predicted octanol–water partition coefficient (Wildman–Crippen LogP) is 2.96. The van der Waals surface area contributed by atoms with Crippen LogP contribution in [0, 0.1) is 13.8 Å². The summed E-state index contributed by atoms with van der Waals surface area (Å²) in [5.41, 5.74) is 5.54. The molecule has 0 amide bonds. The Bertz CT molecular complexity index is 607. The third-order valence-corrected chi connectivity index (χ3v) is 4.50. The summed E-state index contributed by atoms with van der Waals surface area (Å²) < 4.78 is 2.22. The molecule has 112 valence electrons. The molecule has 1 aliphatic heterocycles.